The van der Waals surface area contributed by atoms with Crippen LogP contribution in [0.3, 0.4) is 0 Å². The summed E-state index contributed by atoms with van der Waals surface area (Å²) in [4.78, 5) is 17.3. The summed E-state index contributed by atoms with van der Waals surface area (Å²) in [5.74, 6) is 1.61. The third-order valence-electron chi connectivity index (χ3n) is 4.97. The molecule has 0 radical (unpaired) electrons. The van der Waals surface area contributed by atoms with Crippen LogP contribution in [0.1, 0.15) is 52.4 Å². The Labute approximate surface area is 183 Å². The molecule has 0 fully saturated rings. The zero-order valence-electron chi connectivity index (χ0n) is 18.1. The maximum absolute atomic E-state index is 12.5. The molecule has 0 spiro atoms. The molecule has 0 saturated carbocycles. The number of benzene rings is 2. The lowest BCUT2D eigenvalue weighted by Gasteiger charge is -2.22. The van der Waals surface area contributed by atoms with Crippen LogP contribution in [-0.2, 0) is 11.3 Å². The zero-order valence-corrected chi connectivity index (χ0v) is 18.9. The SMILES string of the molecule is CC(NC(=O)C(C)(C)C)c1nc2ccccc2n1CCCCOc1ccccc1Cl. The van der Waals surface area contributed by atoms with E-state index in [1.54, 1.807) is 0 Å². The molecular weight excluding hydrogens is 398 g/mol. The maximum atomic E-state index is 12.5. The van der Waals surface area contributed by atoms with Crippen LogP contribution < -0.4 is 10.1 Å². The monoisotopic (exact) mass is 427 g/mol. The fourth-order valence-corrected chi connectivity index (χ4v) is 3.44. The van der Waals surface area contributed by atoms with Gasteiger partial charge in [0.1, 0.15) is 11.6 Å². The predicted molar refractivity (Wildman–Crippen MR) is 122 cm³/mol. The first kappa shape index (κ1) is 22.2. The molecule has 1 N–H and O–H groups in total. The van der Waals surface area contributed by atoms with Crippen molar-refractivity contribution in [3.8, 4) is 5.75 Å². The van der Waals surface area contributed by atoms with E-state index in [1.165, 1.54) is 0 Å². The van der Waals surface area contributed by atoms with Crippen LogP contribution in [0.25, 0.3) is 11.0 Å². The van der Waals surface area contributed by atoms with Crippen molar-refractivity contribution in [2.45, 2.75) is 53.1 Å². The van der Waals surface area contributed by atoms with Crippen LogP contribution in [0.15, 0.2) is 48.5 Å². The minimum absolute atomic E-state index is 0.0155. The highest BCUT2D eigenvalue weighted by Gasteiger charge is 2.25. The summed E-state index contributed by atoms with van der Waals surface area (Å²) in [6, 6.07) is 15.4. The Balaban J connectivity index is 1.67. The van der Waals surface area contributed by atoms with Gasteiger partial charge in [0, 0.05) is 12.0 Å². The van der Waals surface area contributed by atoms with Crippen molar-refractivity contribution in [1.82, 2.24) is 14.9 Å². The summed E-state index contributed by atoms with van der Waals surface area (Å²) < 4.78 is 8.00. The van der Waals surface area contributed by atoms with Gasteiger partial charge in [-0.05, 0) is 44.0 Å². The van der Waals surface area contributed by atoms with Crippen molar-refractivity contribution in [3.63, 3.8) is 0 Å². The van der Waals surface area contributed by atoms with E-state index in [1.807, 2.05) is 70.2 Å². The van der Waals surface area contributed by atoms with Gasteiger partial charge in [-0.3, -0.25) is 4.79 Å². The highest BCUT2D eigenvalue weighted by molar-refractivity contribution is 6.32. The number of imidazole rings is 1. The largest absolute Gasteiger partial charge is 0.492 e. The predicted octanol–water partition coefficient (Wildman–Crippen LogP) is 5.77. The molecule has 0 bridgehead atoms. The smallest absolute Gasteiger partial charge is 0.225 e. The molecule has 5 nitrogen and oxygen atoms in total. The zero-order chi connectivity index (χ0) is 21.7. The van der Waals surface area contributed by atoms with Crippen molar-refractivity contribution < 1.29 is 9.53 Å². The number of carbonyl (C=O) groups is 1. The van der Waals surface area contributed by atoms with E-state index in [4.69, 9.17) is 21.3 Å². The van der Waals surface area contributed by atoms with Gasteiger partial charge >= 0.3 is 0 Å². The Morgan fingerprint density at radius 3 is 2.57 bits per heavy atom. The van der Waals surface area contributed by atoms with Gasteiger partial charge in [0.15, 0.2) is 0 Å². The Bertz CT molecular complexity index is 1010. The van der Waals surface area contributed by atoms with E-state index in [9.17, 15) is 4.79 Å². The third kappa shape index (κ3) is 5.33. The minimum Gasteiger partial charge on any atom is -0.492 e. The lowest BCUT2D eigenvalue weighted by molar-refractivity contribution is -0.129. The number of hydrogen-bond donors (Lipinski definition) is 1. The second kappa shape index (κ2) is 9.52. The summed E-state index contributed by atoms with van der Waals surface area (Å²) >= 11 is 6.14. The average Bonchev–Trinajstić information content (AvgIpc) is 3.07. The highest BCUT2D eigenvalue weighted by atomic mass is 35.5. The molecule has 0 aliphatic rings. The van der Waals surface area contributed by atoms with Crippen molar-refractivity contribution in [2.75, 3.05) is 6.61 Å². The lowest BCUT2D eigenvalue weighted by atomic mass is 9.95. The van der Waals surface area contributed by atoms with Gasteiger partial charge in [0.05, 0.1) is 28.7 Å². The van der Waals surface area contributed by atoms with Gasteiger partial charge in [-0.1, -0.05) is 56.6 Å². The van der Waals surface area contributed by atoms with E-state index in [-0.39, 0.29) is 11.9 Å². The average molecular weight is 428 g/mol. The van der Waals surface area contributed by atoms with Gasteiger partial charge in [-0.25, -0.2) is 4.98 Å². The maximum Gasteiger partial charge on any atom is 0.225 e. The summed E-state index contributed by atoms with van der Waals surface area (Å²) in [5.41, 5.74) is 1.58. The number of halogens is 1. The summed E-state index contributed by atoms with van der Waals surface area (Å²) in [7, 11) is 0. The van der Waals surface area contributed by atoms with Crippen molar-refractivity contribution in [1.29, 1.82) is 0 Å². The standard InChI is InChI=1S/C24H30ClN3O2/c1-17(26-23(29)24(2,3)4)22-27-19-12-6-7-13-20(19)28(22)15-9-10-16-30-21-14-8-5-11-18(21)25/h5-8,11-14,17H,9-10,15-16H2,1-4H3,(H,26,29). The molecule has 1 aromatic heterocycles. The Hall–Kier alpha value is -2.53. The number of carbonyl (C=O) groups excluding carboxylic acids is 1. The second-order valence-corrected chi connectivity index (χ2v) is 8.95. The molecule has 1 atom stereocenters. The Kier molecular flexibility index (Phi) is 7.03. The molecule has 1 heterocycles. The van der Waals surface area contributed by atoms with Gasteiger partial charge in [-0.2, -0.15) is 0 Å². The topological polar surface area (TPSA) is 56.2 Å². The van der Waals surface area contributed by atoms with E-state index < -0.39 is 5.41 Å². The summed E-state index contributed by atoms with van der Waals surface area (Å²) in [5, 5.41) is 3.73. The fraction of sp³-hybridized carbons (Fsp3) is 0.417. The van der Waals surface area contributed by atoms with E-state index in [0.717, 1.165) is 36.2 Å². The first-order valence-electron chi connectivity index (χ1n) is 10.4. The molecule has 3 aromatic rings. The summed E-state index contributed by atoms with van der Waals surface area (Å²) in [6.07, 6.45) is 1.82. The molecular formula is C24H30ClN3O2. The number of hydrogen-bond acceptors (Lipinski definition) is 3. The second-order valence-electron chi connectivity index (χ2n) is 8.54. The highest BCUT2D eigenvalue weighted by Crippen LogP contribution is 2.25. The van der Waals surface area contributed by atoms with Crippen LogP contribution in [0.2, 0.25) is 5.02 Å². The molecule has 0 saturated heterocycles. The number of para-hydroxylation sites is 3. The lowest BCUT2D eigenvalue weighted by Crippen LogP contribution is -2.37. The minimum atomic E-state index is -0.443. The number of ether oxygens (including phenoxy) is 1. The first-order chi connectivity index (χ1) is 14.3. The van der Waals surface area contributed by atoms with Gasteiger partial charge < -0.3 is 14.6 Å². The Morgan fingerprint density at radius 1 is 1.13 bits per heavy atom. The number of aryl methyl sites for hydroxylation is 1. The van der Waals surface area contributed by atoms with Gasteiger partial charge in [0.2, 0.25) is 5.91 Å². The molecule has 2 aromatic carbocycles. The molecule has 3 rings (SSSR count). The fourth-order valence-electron chi connectivity index (χ4n) is 3.25. The first-order valence-corrected chi connectivity index (χ1v) is 10.8. The number of nitrogens with zero attached hydrogens (tertiary/aromatic N) is 2. The normalized spacial score (nSPS) is 12.7. The summed E-state index contributed by atoms with van der Waals surface area (Å²) in [6.45, 7) is 9.13. The van der Waals surface area contributed by atoms with E-state index in [0.29, 0.717) is 17.4 Å². The number of aromatic nitrogens is 2. The Morgan fingerprint density at radius 2 is 1.83 bits per heavy atom. The van der Waals surface area contributed by atoms with Crippen LogP contribution in [0, 0.1) is 5.41 Å². The third-order valence-corrected chi connectivity index (χ3v) is 5.28. The van der Waals surface area contributed by atoms with Gasteiger partial charge in [0.25, 0.3) is 0 Å². The molecule has 160 valence electrons. The molecule has 30 heavy (non-hydrogen) atoms. The molecule has 1 unspecified atom stereocenters. The van der Waals surface area contributed by atoms with Crippen molar-refractivity contribution >= 4 is 28.5 Å². The quantitative estimate of drug-likeness (QED) is 0.464. The number of rotatable bonds is 8. The van der Waals surface area contributed by atoms with E-state index >= 15 is 0 Å². The van der Waals surface area contributed by atoms with Gasteiger partial charge in [-0.15, -0.1) is 0 Å². The number of fused-ring (bicyclic) bond motifs is 1. The number of amides is 1. The molecule has 6 heteroatoms. The van der Waals surface area contributed by atoms with Crippen LogP contribution >= 0.6 is 11.6 Å². The van der Waals surface area contributed by atoms with E-state index in [2.05, 4.69) is 16.0 Å². The number of nitrogens with one attached hydrogen (secondary N) is 1. The van der Waals surface area contributed by atoms with Crippen LogP contribution in [0.4, 0.5) is 0 Å². The van der Waals surface area contributed by atoms with Crippen LogP contribution in [-0.4, -0.2) is 22.1 Å². The molecule has 1 amide bonds. The van der Waals surface area contributed by atoms with Crippen LogP contribution in [0.5, 0.6) is 5.75 Å². The van der Waals surface area contributed by atoms with Crippen molar-refractivity contribution in [2.24, 2.45) is 5.41 Å². The molecule has 0 aliphatic heterocycles. The van der Waals surface area contributed by atoms with Crippen molar-refractivity contribution in [3.05, 3.63) is 59.4 Å². The number of unbranched alkanes of at least 4 members (excludes halogenated alkanes) is 1. The molecule has 0 aliphatic carbocycles.